The van der Waals surface area contributed by atoms with Crippen molar-refractivity contribution in [1.29, 1.82) is 0 Å². The minimum Gasteiger partial charge on any atom is -0.480 e. The molecular weight excluding hydrogens is 268 g/mol. The van der Waals surface area contributed by atoms with Crippen LogP contribution in [0.5, 0.6) is 0 Å². The van der Waals surface area contributed by atoms with Crippen LogP contribution in [0, 0.1) is 16.7 Å². The normalized spacial score (nSPS) is 26.5. The van der Waals surface area contributed by atoms with Crippen LogP contribution >= 0.6 is 0 Å². The van der Waals surface area contributed by atoms with Crippen molar-refractivity contribution in [2.24, 2.45) is 16.7 Å². The number of carbonyl (C=O) groups is 2. The Morgan fingerprint density at radius 2 is 1.90 bits per heavy atom. The molecule has 1 atom stereocenters. The molecule has 1 heterocycles. The predicted molar refractivity (Wildman–Crippen MR) is 81.0 cm³/mol. The zero-order valence-electron chi connectivity index (χ0n) is 13.6. The van der Waals surface area contributed by atoms with E-state index in [0.717, 1.165) is 25.7 Å². The molecule has 21 heavy (non-hydrogen) atoms. The van der Waals surface area contributed by atoms with Gasteiger partial charge >= 0.3 is 12.0 Å². The summed E-state index contributed by atoms with van der Waals surface area (Å²) in [5.74, 6) is -0.356. The molecule has 1 aliphatic carbocycles. The van der Waals surface area contributed by atoms with Crippen LogP contribution in [-0.2, 0) is 4.79 Å². The maximum atomic E-state index is 12.4. The van der Waals surface area contributed by atoms with Crippen LogP contribution in [-0.4, -0.2) is 41.1 Å². The summed E-state index contributed by atoms with van der Waals surface area (Å²) in [6.45, 7) is 9.42. The molecule has 2 fully saturated rings. The Kier molecular flexibility index (Phi) is 4.22. The van der Waals surface area contributed by atoms with E-state index in [1.807, 2.05) is 13.8 Å². The molecule has 1 saturated heterocycles. The lowest BCUT2D eigenvalue weighted by Crippen LogP contribution is -2.59. The first-order valence-corrected chi connectivity index (χ1v) is 7.97. The number of carboxylic acid groups (broad SMARTS) is 1. The van der Waals surface area contributed by atoms with Crippen LogP contribution in [0.25, 0.3) is 0 Å². The quantitative estimate of drug-likeness (QED) is 0.838. The van der Waals surface area contributed by atoms with Gasteiger partial charge in [0.2, 0.25) is 0 Å². The summed E-state index contributed by atoms with van der Waals surface area (Å²) in [6, 6.07) is -0.956. The van der Waals surface area contributed by atoms with Gasteiger partial charge in [-0.05, 0) is 42.4 Å². The summed E-state index contributed by atoms with van der Waals surface area (Å²) in [5.41, 5.74) is -0.142. The minimum absolute atomic E-state index is 0.220. The van der Waals surface area contributed by atoms with Crippen molar-refractivity contribution < 1.29 is 14.7 Å². The summed E-state index contributed by atoms with van der Waals surface area (Å²) in [7, 11) is 0. The first-order valence-electron chi connectivity index (χ1n) is 7.97. The summed E-state index contributed by atoms with van der Waals surface area (Å²) in [4.78, 5) is 25.6. The molecule has 1 aliphatic heterocycles. The van der Waals surface area contributed by atoms with Gasteiger partial charge in [0.25, 0.3) is 0 Å². The van der Waals surface area contributed by atoms with Gasteiger partial charge in [-0.3, -0.25) is 0 Å². The summed E-state index contributed by atoms with van der Waals surface area (Å²) >= 11 is 0. The molecule has 2 rings (SSSR count). The molecule has 5 heteroatoms. The zero-order valence-corrected chi connectivity index (χ0v) is 13.6. The monoisotopic (exact) mass is 296 g/mol. The lowest BCUT2D eigenvalue weighted by atomic mass is 9.76. The Bertz CT molecular complexity index is 427. The molecule has 1 saturated carbocycles. The van der Waals surface area contributed by atoms with Gasteiger partial charge in [-0.25, -0.2) is 9.59 Å². The minimum atomic E-state index is -0.903. The highest BCUT2D eigenvalue weighted by molar-refractivity contribution is 5.83. The average Bonchev–Trinajstić information content (AvgIpc) is 3.15. The number of rotatable bonds is 4. The molecule has 2 aliphatic rings. The first-order chi connectivity index (χ1) is 9.69. The van der Waals surface area contributed by atoms with Crippen LogP contribution in [0.4, 0.5) is 4.79 Å². The van der Waals surface area contributed by atoms with E-state index >= 15 is 0 Å². The second kappa shape index (κ2) is 5.50. The smallest absolute Gasteiger partial charge is 0.327 e. The van der Waals surface area contributed by atoms with Gasteiger partial charge in [-0.15, -0.1) is 0 Å². The third-order valence-corrected chi connectivity index (χ3v) is 5.48. The second-order valence-corrected chi connectivity index (χ2v) is 7.70. The number of nitrogens with zero attached hydrogens (tertiary/aromatic N) is 1. The first kappa shape index (κ1) is 16.1. The summed E-state index contributed by atoms with van der Waals surface area (Å²) in [5, 5.41) is 12.5. The highest BCUT2D eigenvalue weighted by atomic mass is 16.4. The summed E-state index contributed by atoms with van der Waals surface area (Å²) in [6.07, 6.45) is 4.00. The number of urea groups is 1. The van der Waals surface area contributed by atoms with Crippen LogP contribution in [0.15, 0.2) is 0 Å². The van der Waals surface area contributed by atoms with Crippen molar-refractivity contribution in [2.75, 3.05) is 13.1 Å². The Hall–Kier alpha value is -1.26. The maximum absolute atomic E-state index is 12.4. The number of carbonyl (C=O) groups excluding carboxylic acids is 1. The highest BCUT2D eigenvalue weighted by Gasteiger charge is 2.47. The fourth-order valence-electron chi connectivity index (χ4n) is 3.55. The van der Waals surface area contributed by atoms with Crippen LogP contribution in [0.1, 0.15) is 53.4 Å². The Balaban J connectivity index is 2.02. The van der Waals surface area contributed by atoms with Crippen LogP contribution < -0.4 is 5.32 Å². The molecule has 0 radical (unpaired) electrons. The van der Waals surface area contributed by atoms with Gasteiger partial charge in [-0.1, -0.05) is 27.7 Å². The molecular formula is C16H28N2O3. The highest BCUT2D eigenvalue weighted by Crippen LogP contribution is 2.51. The molecule has 5 nitrogen and oxygen atoms in total. The average molecular weight is 296 g/mol. The number of piperidine rings is 1. The van der Waals surface area contributed by atoms with Gasteiger partial charge < -0.3 is 15.3 Å². The largest absolute Gasteiger partial charge is 0.480 e. The van der Waals surface area contributed by atoms with Gasteiger partial charge in [-0.2, -0.15) is 0 Å². The Morgan fingerprint density at radius 3 is 2.38 bits per heavy atom. The number of amides is 2. The molecule has 0 aromatic heterocycles. The number of nitrogens with one attached hydrogen (secondary N) is 1. The fraction of sp³-hybridized carbons (Fsp3) is 0.875. The number of carboxylic acids is 1. The van der Waals surface area contributed by atoms with Crippen molar-refractivity contribution in [3.63, 3.8) is 0 Å². The van der Waals surface area contributed by atoms with Gasteiger partial charge in [0.05, 0.1) is 0 Å². The van der Waals surface area contributed by atoms with E-state index in [9.17, 15) is 14.7 Å². The molecule has 1 unspecified atom stereocenters. The number of likely N-dealkylation sites (tertiary alicyclic amines) is 1. The van der Waals surface area contributed by atoms with E-state index in [2.05, 4.69) is 19.2 Å². The Labute approximate surface area is 127 Å². The SMILES string of the molecule is CC(C)C1(CNC(=O)N2CCCC(C)(C)C2C(=O)O)CC1. The topological polar surface area (TPSA) is 69.6 Å². The van der Waals surface area contributed by atoms with Crippen molar-refractivity contribution in [1.82, 2.24) is 10.2 Å². The van der Waals surface area contributed by atoms with E-state index in [-0.39, 0.29) is 16.9 Å². The molecule has 2 amide bonds. The molecule has 0 spiro atoms. The van der Waals surface area contributed by atoms with E-state index in [4.69, 9.17) is 0 Å². The summed E-state index contributed by atoms with van der Waals surface area (Å²) < 4.78 is 0. The van der Waals surface area contributed by atoms with E-state index in [1.54, 1.807) is 0 Å². The lowest BCUT2D eigenvalue weighted by Gasteiger charge is -2.44. The number of hydrogen-bond donors (Lipinski definition) is 2. The number of aliphatic carboxylic acids is 1. The Morgan fingerprint density at radius 1 is 1.29 bits per heavy atom. The number of hydrogen-bond acceptors (Lipinski definition) is 2. The maximum Gasteiger partial charge on any atom is 0.327 e. The second-order valence-electron chi connectivity index (χ2n) is 7.70. The molecule has 120 valence electrons. The van der Waals surface area contributed by atoms with Crippen LogP contribution in [0.3, 0.4) is 0 Å². The van der Waals surface area contributed by atoms with Gasteiger partial charge in [0, 0.05) is 13.1 Å². The van der Waals surface area contributed by atoms with Crippen molar-refractivity contribution in [2.45, 2.75) is 59.4 Å². The lowest BCUT2D eigenvalue weighted by molar-refractivity contribution is -0.148. The molecule has 2 N–H and O–H groups in total. The van der Waals surface area contributed by atoms with Gasteiger partial charge in [0.15, 0.2) is 0 Å². The molecule has 0 aromatic carbocycles. The van der Waals surface area contributed by atoms with E-state index in [1.165, 1.54) is 4.90 Å². The van der Waals surface area contributed by atoms with E-state index in [0.29, 0.717) is 19.0 Å². The third-order valence-electron chi connectivity index (χ3n) is 5.48. The van der Waals surface area contributed by atoms with Crippen LogP contribution in [0.2, 0.25) is 0 Å². The van der Waals surface area contributed by atoms with Crippen molar-refractivity contribution in [3.8, 4) is 0 Å². The predicted octanol–water partition coefficient (Wildman–Crippen LogP) is 2.71. The third kappa shape index (κ3) is 3.16. The molecule has 0 bridgehead atoms. The standard InChI is InChI=1S/C16H28N2O3/c1-11(2)16(7-8-16)10-17-14(21)18-9-5-6-15(3,4)12(18)13(19)20/h11-12H,5-10H2,1-4H3,(H,17,21)(H,19,20). The van der Waals surface area contributed by atoms with Crippen molar-refractivity contribution in [3.05, 3.63) is 0 Å². The van der Waals surface area contributed by atoms with Gasteiger partial charge in [0.1, 0.15) is 6.04 Å². The van der Waals surface area contributed by atoms with Crippen molar-refractivity contribution >= 4 is 12.0 Å². The fourth-order valence-corrected chi connectivity index (χ4v) is 3.55. The molecule has 0 aromatic rings. The van der Waals surface area contributed by atoms with E-state index < -0.39 is 12.0 Å². The zero-order chi connectivity index (χ0) is 15.8.